The van der Waals surface area contributed by atoms with Crippen molar-refractivity contribution in [1.29, 1.82) is 0 Å². The van der Waals surface area contributed by atoms with Crippen LogP contribution in [0.4, 0.5) is 0 Å². The van der Waals surface area contributed by atoms with Crippen LogP contribution in [0.25, 0.3) is 0 Å². The fraction of sp³-hybridized carbons (Fsp3) is 0.500. The summed E-state index contributed by atoms with van der Waals surface area (Å²) < 4.78 is 5.33. The molecule has 2 atom stereocenters. The largest absolute Gasteiger partial charge is 0.388 e. The predicted molar refractivity (Wildman–Crippen MR) is 77.4 cm³/mol. The van der Waals surface area contributed by atoms with Crippen LogP contribution in [-0.4, -0.2) is 24.6 Å². The number of aliphatic hydroxyl groups excluding tert-OH is 1. The third-order valence-corrected chi connectivity index (χ3v) is 3.06. The second-order valence-corrected chi connectivity index (χ2v) is 5.51. The van der Waals surface area contributed by atoms with Crippen LogP contribution in [0.3, 0.4) is 0 Å². The highest BCUT2D eigenvalue weighted by Crippen LogP contribution is 2.34. The zero-order chi connectivity index (χ0) is 14.0. The molecule has 0 saturated carbocycles. The number of aldehydes is 1. The van der Waals surface area contributed by atoms with E-state index in [1.54, 1.807) is 24.3 Å². The third-order valence-electron chi connectivity index (χ3n) is 3.06. The molecule has 5 heteroatoms. The molecule has 0 radical (unpaired) electrons. The van der Waals surface area contributed by atoms with Gasteiger partial charge in [-0.2, -0.15) is 0 Å². The second kappa shape index (κ2) is 6.48. The van der Waals surface area contributed by atoms with Crippen molar-refractivity contribution >= 4 is 18.7 Å². The van der Waals surface area contributed by atoms with E-state index >= 15 is 0 Å². The van der Waals surface area contributed by atoms with E-state index in [0.717, 1.165) is 6.29 Å². The van der Waals surface area contributed by atoms with Gasteiger partial charge in [-0.1, -0.05) is 45.0 Å². The molecule has 0 bridgehead atoms. The summed E-state index contributed by atoms with van der Waals surface area (Å²) in [5.74, 6) is 0. The van der Waals surface area contributed by atoms with Gasteiger partial charge in [-0.15, -0.1) is 12.4 Å². The summed E-state index contributed by atoms with van der Waals surface area (Å²) in [6.45, 7) is 5.66. The van der Waals surface area contributed by atoms with Crippen molar-refractivity contribution in [2.75, 3.05) is 7.11 Å². The molecular formula is C14H22ClNO3. The van der Waals surface area contributed by atoms with Gasteiger partial charge in [-0.3, -0.25) is 10.5 Å². The average molecular weight is 288 g/mol. The number of aliphatic hydroxyl groups is 1. The Morgan fingerprint density at radius 2 is 1.74 bits per heavy atom. The minimum atomic E-state index is -1.29. The number of rotatable bonds is 4. The van der Waals surface area contributed by atoms with E-state index in [4.69, 9.17) is 10.5 Å². The lowest BCUT2D eigenvalue weighted by molar-refractivity contribution is -0.144. The monoisotopic (exact) mass is 287 g/mol. The molecule has 0 fully saturated rings. The molecule has 0 heterocycles. The summed E-state index contributed by atoms with van der Waals surface area (Å²) in [6.07, 6.45) is -0.119. The van der Waals surface area contributed by atoms with E-state index < -0.39 is 17.2 Å². The van der Waals surface area contributed by atoms with E-state index in [9.17, 15) is 9.90 Å². The van der Waals surface area contributed by atoms with Crippen molar-refractivity contribution in [3.8, 4) is 0 Å². The van der Waals surface area contributed by atoms with Crippen LogP contribution >= 0.6 is 12.4 Å². The van der Waals surface area contributed by atoms with Crippen LogP contribution in [0.1, 0.15) is 36.7 Å². The molecule has 0 aliphatic carbocycles. The Hall–Kier alpha value is -0.940. The van der Waals surface area contributed by atoms with Crippen molar-refractivity contribution in [2.45, 2.75) is 32.6 Å². The maximum atomic E-state index is 10.6. The number of ether oxygens (including phenoxy) is 1. The number of halogens is 1. The molecule has 0 aromatic heterocycles. The van der Waals surface area contributed by atoms with Crippen molar-refractivity contribution in [1.82, 2.24) is 0 Å². The van der Waals surface area contributed by atoms with Gasteiger partial charge in [0.1, 0.15) is 12.4 Å². The quantitative estimate of drug-likeness (QED) is 0.657. The first-order chi connectivity index (χ1) is 8.25. The second-order valence-electron chi connectivity index (χ2n) is 5.51. The smallest absolute Gasteiger partial charge is 0.169 e. The van der Waals surface area contributed by atoms with Gasteiger partial charge in [0.05, 0.1) is 0 Å². The Balaban J connectivity index is 0.00000324. The summed E-state index contributed by atoms with van der Waals surface area (Å²) >= 11 is 0. The van der Waals surface area contributed by atoms with E-state index in [-0.39, 0.29) is 12.4 Å². The zero-order valence-electron chi connectivity index (χ0n) is 11.7. The molecule has 0 amide bonds. The first-order valence-corrected chi connectivity index (χ1v) is 5.83. The van der Waals surface area contributed by atoms with E-state index in [1.165, 1.54) is 7.11 Å². The van der Waals surface area contributed by atoms with Crippen LogP contribution in [0, 0.1) is 5.41 Å². The van der Waals surface area contributed by atoms with Crippen LogP contribution in [0.5, 0.6) is 0 Å². The molecule has 1 aromatic rings. The van der Waals surface area contributed by atoms with E-state index in [1.807, 2.05) is 20.8 Å². The molecule has 3 N–H and O–H groups in total. The average Bonchev–Trinajstić information content (AvgIpc) is 2.36. The van der Waals surface area contributed by atoms with Crippen LogP contribution in [0.15, 0.2) is 24.3 Å². The molecule has 0 unspecified atom stereocenters. The first kappa shape index (κ1) is 18.1. The summed E-state index contributed by atoms with van der Waals surface area (Å²) in [6, 6.07) is 6.70. The number of carbonyl (C=O) groups is 1. The molecule has 1 aromatic carbocycles. The van der Waals surface area contributed by atoms with Crippen molar-refractivity contribution < 1.29 is 14.6 Å². The summed E-state index contributed by atoms with van der Waals surface area (Å²) in [7, 11) is 1.46. The van der Waals surface area contributed by atoms with Crippen LogP contribution in [0.2, 0.25) is 0 Å². The highest BCUT2D eigenvalue weighted by molar-refractivity contribution is 5.85. The van der Waals surface area contributed by atoms with Gasteiger partial charge in [0, 0.05) is 18.2 Å². The Kier molecular flexibility index (Phi) is 6.16. The van der Waals surface area contributed by atoms with Gasteiger partial charge >= 0.3 is 0 Å². The Morgan fingerprint density at radius 3 is 2.05 bits per heavy atom. The molecular weight excluding hydrogens is 266 g/mol. The number of methoxy groups -OCH3 is 1. The van der Waals surface area contributed by atoms with Gasteiger partial charge in [-0.05, 0) is 5.41 Å². The summed E-state index contributed by atoms with van der Waals surface area (Å²) in [5, 5.41) is 10.4. The van der Waals surface area contributed by atoms with Gasteiger partial charge < -0.3 is 9.84 Å². The summed E-state index contributed by atoms with van der Waals surface area (Å²) in [5.41, 5.74) is 5.66. The maximum Gasteiger partial charge on any atom is 0.169 e. The van der Waals surface area contributed by atoms with Crippen molar-refractivity contribution in [3.63, 3.8) is 0 Å². The summed E-state index contributed by atoms with van der Waals surface area (Å²) in [4.78, 5) is 10.6. The van der Waals surface area contributed by atoms with E-state index in [2.05, 4.69) is 0 Å². The lowest BCUT2D eigenvalue weighted by Crippen LogP contribution is -2.54. The molecule has 0 aliphatic heterocycles. The van der Waals surface area contributed by atoms with Crippen molar-refractivity contribution in [3.05, 3.63) is 35.4 Å². The molecule has 108 valence electrons. The van der Waals surface area contributed by atoms with Crippen LogP contribution in [-0.2, 0) is 10.5 Å². The van der Waals surface area contributed by atoms with Gasteiger partial charge in [-0.25, -0.2) is 0 Å². The SMILES string of the molecule is CO[C@@](N)(c1ccc(C=O)cc1)[C@@H](O)C(C)(C)C.Cl. The molecule has 1 rings (SSSR count). The molecule has 0 spiro atoms. The fourth-order valence-corrected chi connectivity index (χ4v) is 1.85. The topological polar surface area (TPSA) is 72.5 Å². The normalized spacial score (nSPS) is 16.1. The fourth-order valence-electron chi connectivity index (χ4n) is 1.85. The highest BCUT2D eigenvalue weighted by Gasteiger charge is 2.42. The lowest BCUT2D eigenvalue weighted by atomic mass is 9.80. The molecule has 19 heavy (non-hydrogen) atoms. The number of benzene rings is 1. The molecule has 0 saturated heterocycles. The van der Waals surface area contributed by atoms with E-state index in [0.29, 0.717) is 11.1 Å². The van der Waals surface area contributed by atoms with Gasteiger partial charge in [0.15, 0.2) is 5.72 Å². The standard InChI is InChI=1S/C14H21NO3.ClH/c1-13(2,3)12(17)14(15,18-4)11-7-5-10(9-16)6-8-11;/h5-9,12,17H,15H2,1-4H3;1H/t12-,14-;/m0./s1. The Morgan fingerprint density at radius 1 is 1.26 bits per heavy atom. The maximum absolute atomic E-state index is 10.6. The number of nitrogens with two attached hydrogens (primary N) is 1. The minimum absolute atomic E-state index is 0. The van der Waals surface area contributed by atoms with Crippen LogP contribution < -0.4 is 5.73 Å². The predicted octanol–water partition coefficient (Wildman–Crippen LogP) is 2.09. The number of hydrogen-bond donors (Lipinski definition) is 2. The zero-order valence-corrected chi connectivity index (χ0v) is 12.5. The van der Waals surface area contributed by atoms with Gasteiger partial charge in [0.25, 0.3) is 0 Å². The third kappa shape index (κ3) is 3.76. The Labute approximate surface area is 120 Å². The Bertz CT molecular complexity index is 414. The van der Waals surface area contributed by atoms with Gasteiger partial charge in [0.2, 0.25) is 0 Å². The first-order valence-electron chi connectivity index (χ1n) is 5.83. The molecule has 4 nitrogen and oxygen atoms in total. The highest BCUT2D eigenvalue weighted by atomic mass is 35.5. The number of hydrogen-bond acceptors (Lipinski definition) is 4. The van der Waals surface area contributed by atoms with Crippen molar-refractivity contribution in [2.24, 2.45) is 11.1 Å². The minimum Gasteiger partial charge on any atom is -0.388 e. The molecule has 0 aliphatic rings. The number of carbonyl (C=O) groups excluding carboxylic acids is 1. The lowest BCUT2D eigenvalue weighted by Gasteiger charge is -2.40.